The van der Waals surface area contributed by atoms with Crippen molar-refractivity contribution in [1.82, 2.24) is 14.9 Å². The van der Waals surface area contributed by atoms with Crippen LogP contribution < -0.4 is 15.4 Å². The van der Waals surface area contributed by atoms with Crippen LogP contribution in [0.2, 0.25) is 0 Å². The topological polar surface area (TPSA) is 68.2 Å². The summed E-state index contributed by atoms with van der Waals surface area (Å²) in [6.07, 6.45) is 5.70. The summed E-state index contributed by atoms with van der Waals surface area (Å²) in [5, 5.41) is 5.68. The Bertz CT molecular complexity index is 654. The first-order valence-corrected chi connectivity index (χ1v) is 8.44. The standard InChI is InChI=1S/C18H26N4O2/c1-4-11-22-12-10-19-17(22)13-20-18(23)21-15-8-6-7-9-16(15)24-14(3)5-2/h6-10,12,14H,4-5,11,13H2,1-3H3,(H2,20,21,23)/t14-/m1/s1. The molecule has 0 aliphatic rings. The lowest BCUT2D eigenvalue weighted by molar-refractivity contribution is 0.218. The van der Waals surface area contributed by atoms with Gasteiger partial charge >= 0.3 is 6.03 Å². The quantitative estimate of drug-likeness (QED) is 0.774. The van der Waals surface area contributed by atoms with Crippen LogP contribution in [0, 0.1) is 0 Å². The second-order valence-electron chi connectivity index (χ2n) is 5.68. The van der Waals surface area contributed by atoms with Crippen molar-refractivity contribution < 1.29 is 9.53 Å². The van der Waals surface area contributed by atoms with Crippen LogP contribution in [-0.4, -0.2) is 21.7 Å². The number of benzene rings is 1. The molecule has 0 radical (unpaired) electrons. The SMILES string of the molecule is CCCn1ccnc1CNC(=O)Nc1ccccc1O[C@H](C)CC. The molecule has 2 rings (SSSR count). The highest BCUT2D eigenvalue weighted by Gasteiger charge is 2.10. The van der Waals surface area contributed by atoms with Gasteiger partial charge in [-0.3, -0.25) is 0 Å². The highest BCUT2D eigenvalue weighted by Crippen LogP contribution is 2.25. The molecule has 0 saturated heterocycles. The number of nitrogens with zero attached hydrogens (tertiary/aromatic N) is 2. The van der Waals surface area contributed by atoms with Crippen molar-refractivity contribution in [2.45, 2.75) is 52.8 Å². The lowest BCUT2D eigenvalue weighted by atomic mass is 10.2. The first kappa shape index (κ1) is 17.8. The van der Waals surface area contributed by atoms with E-state index in [1.165, 1.54) is 0 Å². The Morgan fingerprint density at radius 3 is 2.88 bits per heavy atom. The number of ether oxygens (including phenoxy) is 1. The molecule has 0 fully saturated rings. The fourth-order valence-corrected chi connectivity index (χ4v) is 2.25. The summed E-state index contributed by atoms with van der Waals surface area (Å²) < 4.78 is 7.88. The first-order chi connectivity index (χ1) is 11.6. The number of urea groups is 1. The molecular weight excluding hydrogens is 304 g/mol. The highest BCUT2D eigenvalue weighted by molar-refractivity contribution is 5.90. The van der Waals surface area contributed by atoms with E-state index < -0.39 is 0 Å². The molecule has 130 valence electrons. The number of anilines is 1. The zero-order valence-electron chi connectivity index (χ0n) is 14.6. The Kier molecular flexibility index (Phi) is 6.66. The van der Waals surface area contributed by atoms with Crippen LogP contribution in [0.5, 0.6) is 5.75 Å². The number of imidazole rings is 1. The third-order valence-corrected chi connectivity index (χ3v) is 3.71. The minimum atomic E-state index is -0.277. The molecule has 1 atom stereocenters. The zero-order chi connectivity index (χ0) is 17.4. The maximum atomic E-state index is 12.2. The smallest absolute Gasteiger partial charge is 0.319 e. The van der Waals surface area contributed by atoms with Crippen LogP contribution >= 0.6 is 0 Å². The molecule has 0 bridgehead atoms. The van der Waals surface area contributed by atoms with E-state index in [4.69, 9.17) is 4.74 Å². The van der Waals surface area contributed by atoms with E-state index in [0.29, 0.717) is 18.0 Å². The minimum absolute atomic E-state index is 0.0949. The predicted octanol–water partition coefficient (Wildman–Crippen LogP) is 3.79. The molecule has 0 saturated carbocycles. The Balaban J connectivity index is 1.94. The number of hydrogen-bond acceptors (Lipinski definition) is 3. The van der Waals surface area contributed by atoms with Crippen LogP contribution in [-0.2, 0) is 13.1 Å². The molecule has 24 heavy (non-hydrogen) atoms. The zero-order valence-corrected chi connectivity index (χ0v) is 14.6. The van der Waals surface area contributed by atoms with Gasteiger partial charge in [0.1, 0.15) is 11.6 Å². The number of aromatic nitrogens is 2. The van der Waals surface area contributed by atoms with Gasteiger partial charge in [-0.2, -0.15) is 0 Å². The van der Waals surface area contributed by atoms with Gasteiger partial charge in [-0.1, -0.05) is 26.0 Å². The Hall–Kier alpha value is -2.50. The number of nitrogens with one attached hydrogen (secondary N) is 2. The number of hydrogen-bond donors (Lipinski definition) is 2. The summed E-state index contributed by atoms with van der Waals surface area (Å²) in [5.74, 6) is 1.52. The Morgan fingerprint density at radius 2 is 2.12 bits per heavy atom. The fourth-order valence-electron chi connectivity index (χ4n) is 2.25. The van der Waals surface area contributed by atoms with E-state index in [9.17, 15) is 4.79 Å². The van der Waals surface area contributed by atoms with Crippen molar-refractivity contribution in [3.63, 3.8) is 0 Å². The van der Waals surface area contributed by atoms with Gasteiger partial charge in [-0.15, -0.1) is 0 Å². The molecule has 6 heteroatoms. The largest absolute Gasteiger partial charge is 0.489 e. The predicted molar refractivity (Wildman–Crippen MR) is 95.2 cm³/mol. The molecule has 1 aromatic heterocycles. The van der Waals surface area contributed by atoms with E-state index in [1.807, 2.05) is 42.0 Å². The molecule has 6 nitrogen and oxygen atoms in total. The first-order valence-electron chi connectivity index (χ1n) is 8.44. The van der Waals surface area contributed by atoms with Crippen molar-refractivity contribution in [1.29, 1.82) is 0 Å². The van der Waals surface area contributed by atoms with Crippen molar-refractivity contribution in [3.8, 4) is 5.75 Å². The van der Waals surface area contributed by atoms with E-state index in [-0.39, 0.29) is 12.1 Å². The van der Waals surface area contributed by atoms with Crippen LogP contribution in [0.25, 0.3) is 0 Å². The van der Waals surface area contributed by atoms with Gasteiger partial charge in [0.2, 0.25) is 0 Å². The molecule has 2 aromatic rings. The summed E-state index contributed by atoms with van der Waals surface area (Å²) >= 11 is 0. The fraction of sp³-hybridized carbons (Fsp3) is 0.444. The molecule has 0 unspecified atom stereocenters. The Labute approximate surface area is 143 Å². The van der Waals surface area contributed by atoms with E-state index in [0.717, 1.165) is 25.2 Å². The third-order valence-electron chi connectivity index (χ3n) is 3.71. The average molecular weight is 330 g/mol. The van der Waals surface area contributed by atoms with Gasteiger partial charge in [0.05, 0.1) is 18.3 Å². The highest BCUT2D eigenvalue weighted by atomic mass is 16.5. The maximum Gasteiger partial charge on any atom is 0.319 e. The molecule has 2 amide bonds. The normalized spacial score (nSPS) is 11.8. The minimum Gasteiger partial charge on any atom is -0.489 e. The lowest BCUT2D eigenvalue weighted by Crippen LogP contribution is -2.29. The van der Waals surface area contributed by atoms with E-state index in [1.54, 1.807) is 6.20 Å². The van der Waals surface area contributed by atoms with Crippen molar-refractivity contribution in [2.75, 3.05) is 5.32 Å². The number of carbonyl (C=O) groups excluding carboxylic acids is 1. The number of aryl methyl sites for hydroxylation is 1. The molecule has 0 spiro atoms. The summed E-state index contributed by atoms with van der Waals surface area (Å²) in [4.78, 5) is 16.4. The van der Waals surface area contributed by atoms with Gasteiger partial charge in [-0.25, -0.2) is 9.78 Å². The second-order valence-corrected chi connectivity index (χ2v) is 5.68. The summed E-state index contributed by atoms with van der Waals surface area (Å²) in [5.41, 5.74) is 0.659. The average Bonchev–Trinajstić information content (AvgIpc) is 3.02. The molecule has 0 aliphatic heterocycles. The van der Waals surface area contributed by atoms with Crippen LogP contribution in [0.4, 0.5) is 10.5 Å². The summed E-state index contributed by atoms with van der Waals surface area (Å²) in [6.45, 7) is 7.45. The van der Waals surface area contributed by atoms with Crippen molar-refractivity contribution in [3.05, 3.63) is 42.5 Å². The molecule has 1 aromatic carbocycles. The summed E-state index contributed by atoms with van der Waals surface area (Å²) in [6, 6.07) is 7.17. The monoisotopic (exact) mass is 330 g/mol. The van der Waals surface area contributed by atoms with E-state index in [2.05, 4.69) is 29.5 Å². The van der Waals surface area contributed by atoms with Gasteiger partial charge in [0.15, 0.2) is 0 Å². The molecule has 1 heterocycles. The van der Waals surface area contributed by atoms with Crippen LogP contribution in [0.1, 0.15) is 39.4 Å². The number of rotatable bonds is 8. The van der Waals surface area contributed by atoms with Gasteiger partial charge in [0.25, 0.3) is 0 Å². The van der Waals surface area contributed by atoms with Gasteiger partial charge < -0.3 is 19.9 Å². The third kappa shape index (κ3) is 5.01. The van der Waals surface area contributed by atoms with Gasteiger partial charge in [0, 0.05) is 18.9 Å². The molecular formula is C18H26N4O2. The number of para-hydroxylation sites is 2. The maximum absolute atomic E-state index is 12.2. The molecule has 0 aliphatic carbocycles. The van der Waals surface area contributed by atoms with Crippen molar-refractivity contribution >= 4 is 11.7 Å². The summed E-state index contributed by atoms with van der Waals surface area (Å²) in [7, 11) is 0. The van der Waals surface area contributed by atoms with Gasteiger partial charge in [-0.05, 0) is 31.9 Å². The lowest BCUT2D eigenvalue weighted by Gasteiger charge is -2.16. The number of amides is 2. The van der Waals surface area contributed by atoms with Crippen LogP contribution in [0.15, 0.2) is 36.7 Å². The van der Waals surface area contributed by atoms with Crippen LogP contribution in [0.3, 0.4) is 0 Å². The molecule has 2 N–H and O–H groups in total. The number of carbonyl (C=O) groups is 1. The van der Waals surface area contributed by atoms with E-state index >= 15 is 0 Å². The second kappa shape index (κ2) is 8.96. The van der Waals surface area contributed by atoms with Crippen molar-refractivity contribution in [2.24, 2.45) is 0 Å². The Morgan fingerprint density at radius 1 is 1.33 bits per heavy atom.